The molecule has 1 aliphatic rings. The molecule has 0 aromatic carbocycles. The minimum absolute atomic E-state index is 0.136. The first-order valence-electron chi connectivity index (χ1n) is 12.0. The molecule has 0 radical (unpaired) electrons. The van der Waals surface area contributed by atoms with Gasteiger partial charge in [0.1, 0.15) is 5.82 Å². The van der Waals surface area contributed by atoms with Crippen LogP contribution in [0.3, 0.4) is 0 Å². The van der Waals surface area contributed by atoms with Gasteiger partial charge in [-0.1, -0.05) is 46.4 Å². The van der Waals surface area contributed by atoms with E-state index in [1.165, 1.54) is 6.20 Å². The maximum absolute atomic E-state index is 13.1. The highest BCUT2D eigenvalue weighted by Crippen LogP contribution is 2.56. The smallest absolute Gasteiger partial charge is 0.245 e. The summed E-state index contributed by atoms with van der Waals surface area (Å²) in [6.07, 6.45) is 6.88. The van der Waals surface area contributed by atoms with Crippen LogP contribution in [0.4, 0.5) is 8.78 Å². The Morgan fingerprint density at radius 1 is 1.18 bits per heavy atom. The molecule has 0 saturated heterocycles. The van der Waals surface area contributed by atoms with E-state index < -0.39 is 5.92 Å². The molecule has 0 amide bonds. The quantitative estimate of drug-likeness (QED) is 0.256. The first-order chi connectivity index (χ1) is 15.6. The van der Waals surface area contributed by atoms with Gasteiger partial charge in [0.05, 0.1) is 11.9 Å². The zero-order valence-corrected chi connectivity index (χ0v) is 22.4. The van der Waals surface area contributed by atoms with E-state index in [0.29, 0.717) is 36.7 Å². The summed E-state index contributed by atoms with van der Waals surface area (Å²) in [4.78, 5) is 8.56. The summed E-state index contributed by atoms with van der Waals surface area (Å²) >= 11 is 0. The van der Waals surface area contributed by atoms with Gasteiger partial charge in [0.2, 0.25) is 5.92 Å². The van der Waals surface area contributed by atoms with Crippen molar-refractivity contribution in [3.05, 3.63) is 47.7 Å². The third-order valence-electron chi connectivity index (χ3n) is 7.28. The minimum Gasteiger partial charge on any atom is -0.385 e. The van der Waals surface area contributed by atoms with Crippen molar-refractivity contribution in [2.45, 2.75) is 86.1 Å². The zero-order chi connectivity index (χ0) is 26.2. The van der Waals surface area contributed by atoms with Crippen LogP contribution in [0, 0.1) is 10.8 Å². The predicted molar refractivity (Wildman–Crippen MR) is 142 cm³/mol. The van der Waals surface area contributed by atoms with Crippen LogP contribution in [-0.4, -0.2) is 38.0 Å². The van der Waals surface area contributed by atoms with Gasteiger partial charge in [0, 0.05) is 44.2 Å². The number of nitrogens with one attached hydrogen (secondary N) is 3. The molecule has 1 saturated carbocycles. The van der Waals surface area contributed by atoms with Crippen molar-refractivity contribution in [3.8, 4) is 0 Å². The predicted octanol–water partition coefficient (Wildman–Crippen LogP) is 6.34. The standard InChI is InChI=1S/C27H45F2N5/c1-11-31-16-22(19(2)13-12-14-27(9,28)29)17-32-21(4)33-18-23(30-10)20(3)34-24-15-25(5,6)26(24,7)8/h11,16,18,24,30,32,34H,1,4,12-15,17H2,2-3,5-10H3/b22-19-,23-20-,31-16-,33-18-. The van der Waals surface area contributed by atoms with Gasteiger partial charge in [-0.15, -0.1) is 0 Å². The highest BCUT2D eigenvalue weighted by Gasteiger charge is 2.53. The van der Waals surface area contributed by atoms with E-state index in [9.17, 15) is 8.78 Å². The van der Waals surface area contributed by atoms with E-state index >= 15 is 0 Å². The summed E-state index contributed by atoms with van der Waals surface area (Å²) < 4.78 is 26.2. The van der Waals surface area contributed by atoms with Crippen LogP contribution in [-0.2, 0) is 0 Å². The molecule has 0 bridgehead atoms. The molecule has 1 fully saturated rings. The summed E-state index contributed by atoms with van der Waals surface area (Å²) in [6.45, 7) is 22.2. The molecule has 1 unspecified atom stereocenters. The molecule has 0 spiro atoms. The molecule has 0 aliphatic heterocycles. The largest absolute Gasteiger partial charge is 0.385 e. The van der Waals surface area contributed by atoms with Crippen molar-refractivity contribution in [2.75, 3.05) is 13.6 Å². The number of nitrogens with zero attached hydrogens (tertiary/aromatic N) is 2. The van der Waals surface area contributed by atoms with Gasteiger partial charge in [-0.25, -0.2) is 13.8 Å². The molecule has 1 rings (SSSR count). The Morgan fingerprint density at radius 3 is 2.32 bits per heavy atom. The fourth-order valence-corrected chi connectivity index (χ4v) is 3.95. The molecule has 0 heterocycles. The monoisotopic (exact) mass is 477 g/mol. The van der Waals surface area contributed by atoms with E-state index in [0.717, 1.165) is 35.9 Å². The van der Waals surface area contributed by atoms with E-state index in [4.69, 9.17) is 0 Å². The lowest BCUT2D eigenvalue weighted by Crippen LogP contribution is -2.61. The summed E-state index contributed by atoms with van der Waals surface area (Å²) in [5, 5.41) is 10.0. The van der Waals surface area contributed by atoms with Crippen LogP contribution < -0.4 is 16.0 Å². The number of rotatable bonds is 14. The number of aliphatic imine (C=N–C) groups is 2. The second kappa shape index (κ2) is 12.3. The Bertz CT molecular complexity index is 842. The number of hydrogen-bond acceptors (Lipinski definition) is 5. The van der Waals surface area contributed by atoms with Gasteiger partial charge >= 0.3 is 0 Å². The molecule has 0 aromatic rings. The first kappa shape index (κ1) is 29.6. The molecule has 0 aromatic heterocycles. The third-order valence-corrected chi connectivity index (χ3v) is 7.28. The van der Waals surface area contributed by atoms with E-state index in [1.54, 1.807) is 12.4 Å². The van der Waals surface area contributed by atoms with Gasteiger partial charge in [0.25, 0.3) is 0 Å². The van der Waals surface area contributed by atoms with Gasteiger partial charge in [-0.2, -0.15) is 0 Å². The Labute approximate surface area is 205 Å². The Morgan fingerprint density at radius 2 is 1.82 bits per heavy atom. The van der Waals surface area contributed by atoms with Crippen molar-refractivity contribution < 1.29 is 8.78 Å². The van der Waals surface area contributed by atoms with Crippen LogP contribution in [0.15, 0.2) is 57.7 Å². The first-order valence-corrected chi connectivity index (χ1v) is 12.0. The normalized spacial score (nSPS) is 20.9. The number of allylic oxidation sites excluding steroid dienone is 3. The number of alkyl halides is 2. The van der Waals surface area contributed by atoms with E-state index in [2.05, 4.69) is 66.8 Å². The molecule has 3 N–H and O–H groups in total. The van der Waals surface area contributed by atoms with Crippen molar-refractivity contribution in [3.63, 3.8) is 0 Å². The SMILES string of the molecule is C=C/N=C\C(CNC(=C)/N=C\C(NC)=C(/C)NC1CC(C)(C)C1(C)C)=C(/C)CCCC(C)(F)F. The molecule has 1 atom stereocenters. The summed E-state index contributed by atoms with van der Waals surface area (Å²) in [5.41, 5.74) is 4.36. The second-order valence-electron chi connectivity index (χ2n) is 10.5. The second-order valence-corrected chi connectivity index (χ2v) is 10.5. The van der Waals surface area contributed by atoms with Crippen molar-refractivity contribution >= 4 is 12.4 Å². The van der Waals surface area contributed by atoms with E-state index in [-0.39, 0.29) is 11.8 Å². The van der Waals surface area contributed by atoms with Gasteiger partial charge < -0.3 is 16.0 Å². The maximum atomic E-state index is 13.1. The lowest BCUT2D eigenvalue weighted by atomic mass is 9.50. The molecular weight excluding hydrogens is 432 g/mol. The van der Waals surface area contributed by atoms with Crippen LogP contribution in [0.1, 0.15) is 74.1 Å². The van der Waals surface area contributed by atoms with Crippen LogP contribution in [0.5, 0.6) is 0 Å². The lowest BCUT2D eigenvalue weighted by Gasteiger charge is -2.59. The van der Waals surface area contributed by atoms with E-state index in [1.807, 2.05) is 20.9 Å². The molecule has 7 heteroatoms. The lowest BCUT2D eigenvalue weighted by molar-refractivity contribution is -0.0575. The molecule has 5 nitrogen and oxygen atoms in total. The fourth-order valence-electron chi connectivity index (χ4n) is 3.95. The summed E-state index contributed by atoms with van der Waals surface area (Å²) in [7, 11) is 1.87. The van der Waals surface area contributed by atoms with Gasteiger partial charge in [-0.05, 0) is 56.4 Å². The van der Waals surface area contributed by atoms with Crippen LogP contribution in [0.25, 0.3) is 0 Å². The topological polar surface area (TPSA) is 60.8 Å². The highest BCUT2D eigenvalue weighted by atomic mass is 19.3. The van der Waals surface area contributed by atoms with Gasteiger partial charge in [-0.3, -0.25) is 4.99 Å². The molecule has 192 valence electrons. The van der Waals surface area contributed by atoms with Crippen molar-refractivity contribution in [1.29, 1.82) is 0 Å². The number of halogens is 2. The average molecular weight is 478 g/mol. The summed E-state index contributed by atoms with van der Waals surface area (Å²) in [6, 6.07) is 0.410. The molecular formula is C27H45F2N5. The molecule has 1 aliphatic carbocycles. The van der Waals surface area contributed by atoms with Crippen molar-refractivity contribution in [1.82, 2.24) is 16.0 Å². The summed E-state index contributed by atoms with van der Waals surface area (Å²) in [5.74, 6) is -2.14. The Hall–Kier alpha value is -2.44. The highest BCUT2D eigenvalue weighted by molar-refractivity contribution is 5.81. The average Bonchev–Trinajstić information content (AvgIpc) is 2.72. The minimum atomic E-state index is -2.65. The Kier molecular flexibility index (Phi) is 10.7. The van der Waals surface area contributed by atoms with Gasteiger partial charge in [0.15, 0.2) is 0 Å². The maximum Gasteiger partial charge on any atom is 0.245 e. The Balaban J connectivity index is 2.77. The van der Waals surface area contributed by atoms with Crippen molar-refractivity contribution in [2.24, 2.45) is 20.8 Å². The fraction of sp³-hybridized carbons (Fsp3) is 0.630. The third kappa shape index (κ3) is 8.73. The zero-order valence-electron chi connectivity index (χ0n) is 22.4. The molecule has 34 heavy (non-hydrogen) atoms. The van der Waals surface area contributed by atoms with Crippen LogP contribution >= 0.6 is 0 Å². The number of hydrogen-bond donors (Lipinski definition) is 3. The van der Waals surface area contributed by atoms with Crippen LogP contribution in [0.2, 0.25) is 0 Å².